The van der Waals surface area contributed by atoms with Gasteiger partial charge in [-0.1, -0.05) is 12.1 Å². The minimum absolute atomic E-state index is 0.341. The van der Waals surface area contributed by atoms with Crippen molar-refractivity contribution in [3.8, 4) is 22.5 Å². The largest absolute Gasteiger partial charge is 0.405 e. The molecule has 0 aliphatic carbocycles. The first-order valence-corrected chi connectivity index (χ1v) is 8.44. The van der Waals surface area contributed by atoms with Gasteiger partial charge in [-0.2, -0.15) is 18.3 Å². The van der Waals surface area contributed by atoms with E-state index in [1.807, 2.05) is 0 Å². The highest BCUT2D eigenvalue weighted by Gasteiger charge is 2.27. The number of rotatable bonds is 4. The van der Waals surface area contributed by atoms with E-state index in [1.165, 1.54) is 0 Å². The van der Waals surface area contributed by atoms with Crippen LogP contribution < -0.4 is 10.6 Å². The molecule has 4 rings (SSSR count). The van der Waals surface area contributed by atoms with Crippen LogP contribution in [0.4, 0.5) is 23.7 Å². The molecule has 0 radical (unpaired) electrons. The van der Waals surface area contributed by atoms with Gasteiger partial charge in [0.25, 0.3) is 0 Å². The van der Waals surface area contributed by atoms with Gasteiger partial charge in [0, 0.05) is 36.0 Å². The average Bonchev–Trinajstić information content (AvgIpc) is 3.35. The molecule has 0 fully saturated rings. The van der Waals surface area contributed by atoms with Crippen molar-refractivity contribution < 1.29 is 18.0 Å². The molecule has 1 aromatic carbocycles. The first kappa shape index (κ1) is 18.5. The minimum Gasteiger partial charge on any atom is -0.345 e. The molecule has 0 saturated heterocycles. The number of nitrogens with zero attached hydrogens (tertiary/aromatic N) is 4. The quantitative estimate of drug-likeness (QED) is 0.488. The highest BCUT2D eigenvalue weighted by Crippen LogP contribution is 2.27. The number of aromatic nitrogens is 5. The lowest BCUT2D eigenvalue weighted by Gasteiger charge is -2.10. The van der Waals surface area contributed by atoms with Crippen LogP contribution >= 0.6 is 0 Å². The van der Waals surface area contributed by atoms with Crippen LogP contribution in [0, 0.1) is 0 Å². The third-order valence-electron chi connectivity index (χ3n) is 4.01. The summed E-state index contributed by atoms with van der Waals surface area (Å²) in [7, 11) is 0. The third kappa shape index (κ3) is 4.18. The number of hydrogen-bond donors (Lipinski definition) is 3. The summed E-state index contributed by atoms with van der Waals surface area (Å²) in [5, 5.41) is 8.44. The summed E-state index contributed by atoms with van der Waals surface area (Å²) < 4.78 is 38.2. The van der Waals surface area contributed by atoms with E-state index in [4.69, 9.17) is 0 Å². The summed E-state index contributed by atoms with van der Waals surface area (Å²) in [5.74, 6) is 0.660. The number of H-pyrrole nitrogens is 1. The summed E-state index contributed by atoms with van der Waals surface area (Å²) in [6, 6.07) is 5.73. The second-order valence-corrected chi connectivity index (χ2v) is 6.11. The number of aromatic amines is 1. The van der Waals surface area contributed by atoms with E-state index in [2.05, 4.69) is 25.4 Å². The molecule has 29 heavy (non-hydrogen) atoms. The lowest BCUT2D eigenvalue weighted by Crippen LogP contribution is -2.36. The Morgan fingerprint density at radius 2 is 2.03 bits per heavy atom. The van der Waals surface area contributed by atoms with Gasteiger partial charge in [0.1, 0.15) is 12.4 Å². The Hall–Kier alpha value is -3.89. The number of hydrogen-bond acceptors (Lipinski definition) is 4. The number of amides is 2. The van der Waals surface area contributed by atoms with Crippen LogP contribution in [-0.2, 0) is 0 Å². The zero-order valence-electron chi connectivity index (χ0n) is 14.7. The average molecular weight is 401 g/mol. The van der Waals surface area contributed by atoms with Gasteiger partial charge in [-0.05, 0) is 17.7 Å². The fraction of sp³-hybridized carbons (Fsp3) is 0.111. The van der Waals surface area contributed by atoms with Crippen LogP contribution in [-0.4, -0.2) is 43.3 Å². The molecule has 148 valence electrons. The van der Waals surface area contributed by atoms with Crippen LogP contribution in [0.25, 0.3) is 28.2 Å². The standard InChI is InChI=1S/C18H14F3N7O/c19-18(20,21)10-25-17(29)27-13-3-1-2-11(6-13)14-8-26-28-9-12(7-24-16(14)28)15-22-4-5-23-15/h1-9H,10H2,(H,22,23)(H2,25,27,29). The Balaban J connectivity index is 1.56. The summed E-state index contributed by atoms with van der Waals surface area (Å²) in [6.45, 7) is -1.41. The first-order chi connectivity index (χ1) is 13.9. The number of nitrogens with one attached hydrogen (secondary N) is 3. The number of fused-ring (bicyclic) bond motifs is 1. The Labute approximate surface area is 161 Å². The van der Waals surface area contributed by atoms with Crippen molar-refractivity contribution in [2.75, 3.05) is 11.9 Å². The topological polar surface area (TPSA) is 100 Å². The number of anilines is 1. The SMILES string of the molecule is O=C(NCC(F)(F)F)Nc1cccc(-c2cnn3cc(-c4ncc[nH]4)cnc23)c1. The maximum atomic E-state index is 12.2. The van der Waals surface area contributed by atoms with E-state index in [-0.39, 0.29) is 0 Å². The van der Waals surface area contributed by atoms with Crippen molar-refractivity contribution >= 4 is 17.4 Å². The van der Waals surface area contributed by atoms with Crippen molar-refractivity contribution in [1.82, 2.24) is 29.9 Å². The summed E-state index contributed by atoms with van der Waals surface area (Å²) in [5.41, 5.74) is 3.09. The molecule has 3 N–H and O–H groups in total. The van der Waals surface area contributed by atoms with Crippen molar-refractivity contribution in [1.29, 1.82) is 0 Å². The fourth-order valence-corrected chi connectivity index (χ4v) is 2.74. The van der Waals surface area contributed by atoms with Crippen molar-refractivity contribution in [2.45, 2.75) is 6.18 Å². The zero-order chi connectivity index (χ0) is 20.4. The molecule has 11 heteroatoms. The molecule has 3 heterocycles. The van der Waals surface area contributed by atoms with E-state index in [0.29, 0.717) is 28.3 Å². The van der Waals surface area contributed by atoms with E-state index in [1.54, 1.807) is 65.1 Å². The molecular formula is C18H14F3N7O. The van der Waals surface area contributed by atoms with Crippen LogP contribution in [0.3, 0.4) is 0 Å². The number of carbonyl (C=O) groups is 1. The second-order valence-electron chi connectivity index (χ2n) is 6.11. The fourth-order valence-electron chi connectivity index (χ4n) is 2.74. The molecule has 0 saturated carbocycles. The van der Waals surface area contributed by atoms with Crippen molar-refractivity contribution in [2.24, 2.45) is 0 Å². The van der Waals surface area contributed by atoms with Gasteiger partial charge >= 0.3 is 12.2 Å². The number of benzene rings is 1. The van der Waals surface area contributed by atoms with Gasteiger partial charge in [-0.25, -0.2) is 19.3 Å². The molecule has 0 aliphatic rings. The van der Waals surface area contributed by atoms with Gasteiger partial charge in [0.05, 0.1) is 11.8 Å². The van der Waals surface area contributed by atoms with Crippen molar-refractivity contribution in [3.63, 3.8) is 0 Å². The molecule has 0 aliphatic heterocycles. The van der Waals surface area contributed by atoms with Crippen LogP contribution in [0.5, 0.6) is 0 Å². The number of urea groups is 1. The highest BCUT2D eigenvalue weighted by molar-refractivity contribution is 5.90. The molecule has 0 atom stereocenters. The summed E-state index contributed by atoms with van der Waals surface area (Å²) in [4.78, 5) is 23.3. The molecule has 3 aromatic heterocycles. The Kier molecular flexibility index (Phi) is 4.63. The summed E-state index contributed by atoms with van der Waals surface area (Å²) >= 11 is 0. The lowest BCUT2D eigenvalue weighted by molar-refractivity contribution is -0.122. The first-order valence-electron chi connectivity index (χ1n) is 8.44. The molecule has 0 bridgehead atoms. The van der Waals surface area contributed by atoms with Crippen LogP contribution in [0.15, 0.2) is 55.2 Å². The molecular weight excluding hydrogens is 387 g/mol. The van der Waals surface area contributed by atoms with Crippen LogP contribution in [0.1, 0.15) is 0 Å². The van der Waals surface area contributed by atoms with Crippen molar-refractivity contribution in [3.05, 3.63) is 55.2 Å². The number of alkyl halides is 3. The monoisotopic (exact) mass is 401 g/mol. The molecule has 8 nitrogen and oxygen atoms in total. The smallest absolute Gasteiger partial charge is 0.345 e. The van der Waals surface area contributed by atoms with E-state index >= 15 is 0 Å². The zero-order valence-corrected chi connectivity index (χ0v) is 14.7. The van der Waals surface area contributed by atoms with Crippen LogP contribution in [0.2, 0.25) is 0 Å². The van der Waals surface area contributed by atoms with Gasteiger partial charge in [0.2, 0.25) is 0 Å². The molecule has 0 spiro atoms. The maximum Gasteiger partial charge on any atom is 0.405 e. The normalized spacial score (nSPS) is 11.6. The minimum atomic E-state index is -4.48. The van der Waals surface area contributed by atoms with Gasteiger partial charge in [0.15, 0.2) is 5.65 Å². The number of imidazole rings is 1. The summed E-state index contributed by atoms with van der Waals surface area (Å²) in [6.07, 6.45) is 3.92. The Morgan fingerprint density at radius 3 is 2.79 bits per heavy atom. The lowest BCUT2D eigenvalue weighted by atomic mass is 10.1. The molecule has 2 amide bonds. The Morgan fingerprint density at radius 1 is 1.17 bits per heavy atom. The molecule has 0 unspecified atom stereocenters. The van der Waals surface area contributed by atoms with Gasteiger partial charge < -0.3 is 15.6 Å². The molecule has 4 aromatic rings. The van der Waals surface area contributed by atoms with E-state index in [9.17, 15) is 18.0 Å². The van der Waals surface area contributed by atoms with E-state index < -0.39 is 18.8 Å². The van der Waals surface area contributed by atoms with E-state index in [0.717, 1.165) is 5.56 Å². The second kappa shape index (κ2) is 7.26. The van der Waals surface area contributed by atoms with Gasteiger partial charge in [-0.15, -0.1) is 0 Å². The highest BCUT2D eigenvalue weighted by atomic mass is 19.4. The number of halogens is 3. The third-order valence-corrected chi connectivity index (χ3v) is 4.01. The predicted octanol–water partition coefficient (Wildman–Crippen LogP) is 3.47. The van der Waals surface area contributed by atoms with Gasteiger partial charge in [-0.3, -0.25) is 0 Å². The maximum absolute atomic E-state index is 12.2. The number of carbonyl (C=O) groups excluding carboxylic acids is 1. The predicted molar refractivity (Wildman–Crippen MR) is 99.1 cm³/mol. The Bertz CT molecular complexity index is 1150.